The number of nitrogens with zero attached hydrogens (tertiary/aromatic N) is 1. The number of carboxylic acid groups (broad SMARTS) is 1. The van der Waals surface area contributed by atoms with E-state index in [1.165, 1.54) is 7.11 Å². The van der Waals surface area contributed by atoms with Gasteiger partial charge in [0.2, 0.25) is 10.0 Å². The standard InChI is InChI=1S/C12H23NO5S/c1-9(2)7-10(18-3)8-19(16,17)13-6-4-5-11(13)12(14)15/h9-11H,4-8H2,1-3H3,(H,14,15)/t10?,11-/m1/s1. The van der Waals surface area contributed by atoms with Gasteiger partial charge in [0.05, 0.1) is 11.9 Å². The van der Waals surface area contributed by atoms with Crippen LogP contribution < -0.4 is 0 Å². The summed E-state index contributed by atoms with van der Waals surface area (Å²) in [6, 6.07) is -0.915. The van der Waals surface area contributed by atoms with Crippen LogP contribution in [0.3, 0.4) is 0 Å². The van der Waals surface area contributed by atoms with Crippen LogP contribution in [0.5, 0.6) is 0 Å². The van der Waals surface area contributed by atoms with Gasteiger partial charge in [0.25, 0.3) is 0 Å². The Kier molecular flexibility index (Phi) is 5.76. The maximum Gasteiger partial charge on any atom is 0.322 e. The van der Waals surface area contributed by atoms with Crippen molar-refractivity contribution in [3.05, 3.63) is 0 Å². The Morgan fingerprint density at radius 1 is 1.47 bits per heavy atom. The largest absolute Gasteiger partial charge is 0.480 e. The number of ether oxygens (including phenoxy) is 1. The van der Waals surface area contributed by atoms with Crippen molar-refractivity contribution in [3.63, 3.8) is 0 Å². The van der Waals surface area contributed by atoms with Gasteiger partial charge in [0.15, 0.2) is 0 Å². The third-order valence-corrected chi connectivity index (χ3v) is 5.25. The predicted molar refractivity (Wildman–Crippen MR) is 71.4 cm³/mol. The zero-order chi connectivity index (χ0) is 14.6. The van der Waals surface area contributed by atoms with Gasteiger partial charge in [0.1, 0.15) is 6.04 Å². The van der Waals surface area contributed by atoms with Crippen LogP contribution in [0.4, 0.5) is 0 Å². The normalized spacial score (nSPS) is 22.8. The van der Waals surface area contributed by atoms with Crippen molar-refractivity contribution in [1.82, 2.24) is 4.31 Å². The Morgan fingerprint density at radius 2 is 2.11 bits per heavy atom. The minimum atomic E-state index is -3.58. The maximum absolute atomic E-state index is 12.3. The zero-order valence-electron chi connectivity index (χ0n) is 11.7. The second-order valence-corrected chi connectivity index (χ2v) is 7.34. The SMILES string of the molecule is COC(CC(C)C)CS(=O)(=O)N1CCC[C@@H]1C(=O)O. The van der Waals surface area contributed by atoms with Gasteiger partial charge in [-0.3, -0.25) is 4.79 Å². The number of carbonyl (C=O) groups is 1. The molecule has 1 saturated heterocycles. The Hall–Kier alpha value is -0.660. The molecule has 1 heterocycles. The Bertz CT molecular complexity index is 406. The molecule has 0 aromatic rings. The van der Waals surface area contributed by atoms with Gasteiger partial charge in [-0.2, -0.15) is 4.31 Å². The second-order valence-electron chi connectivity index (χ2n) is 5.37. The molecule has 19 heavy (non-hydrogen) atoms. The lowest BCUT2D eigenvalue weighted by atomic mass is 10.1. The quantitative estimate of drug-likeness (QED) is 0.755. The highest BCUT2D eigenvalue weighted by molar-refractivity contribution is 7.89. The molecular formula is C12H23NO5S. The molecule has 0 saturated carbocycles. The fraction of sp³-hybridized carbons (Fsp3) is 0.917. The highest BCUT2D eigenvalue weighted by atomic mass is 32.2. The molecule has 0 radical (unpaired) electrons. The second kappa shape index (κ2) is 6.67. The van der Waals surface area contributed by atoms with Crippen molar-refractivity contribution >= 4 is 16.0 Å². The van der Waals surface area contributed by atoms with E-state index in [4.69, 9.17) is 9.84 Å². The Labute approximate surface area is 114 Å². The lowest BCUT2D eigenvalue weighted by Gasteiger charge is -2.24. The summed E-state index contributed by atoms with van der Waals surface area (Å²) in [4.78, 5) is 11.1. The van der Waals surface area contributed by atoms with Crippen LogP contribution in [-0.2, 0) is 19.6 Å². The number of methoxy groups -OCH3 is 1. The molecule has 0 aliphatic carbocycles. The number of hydrogen-bond donors (Lipinski definition) is 1. The molecule has 0 aromatic carbocycles. The monoisotopic (exact) mass is 293 g/mol. The zero-order valence-corrected chi connectivity index (χ0v) is 12.5. The molecular weight excluding hydrogens is 270 g/mol. The van der Waals surface area contributed by atoms with Crippen molar-refractivity contribution in [3.8, 4) is 0 Å². The van der Waals surface area contributed by atoms with Crippen LogP contribution in [0, 0.1) is 5.92 Å². The van der Waals surface area contributed by atoms with Crippen LogP contribution in [0.2, 0.25) is 0 Å². The maximum atomic E-state index is 12.3. The van der Waals surface area contributed by atoms with Gasteiger partial charge in [-0.25, -0.2) is 8.42 Å². The Balaban J connectivity index is 2.77. The van der Waals surface area contributed by atoms with Crippen molar-refractivity contribution in [2.24, 2.45) is 5.92 Å². The fourth-order valence-corrected chi connectivity index (χ4v) is 4.33. The van der Waals surface area contributed by atoms with E-state index in [2.05, 4.69) is 0 Å². The van der Waals surface area contributed by atoms with Crippen LogP contribution >= 0.6 is 0 Å². The summed E-state index contributed by atoms with van der Waals surface area (Å²) in [5.74, 6) is -0.890. The van der Waals surface area contributed by atoms with Gasteiger partial charge >= 0.3 is 5.97 Å². The summed E-state index contributed by atoms with van der Waals surface area (Å²) in [5, 5.41) is 9.05. The number of carboxylic acids is 1. The van der Waals surface area contributed by atoms with Gasteiger partial charge < -0.3 is 9.84 Å². The average molecular weight is 293 g/mol. The molecule has 1 N–H and O–H groups in total. The van der Waals surface area contributed by atoms with E-state index in [0.29, 0.717) is 25.2 Å². The molecule has 0 aromatic heterocycles. The van der Waals surface area contributed by atoms with Crippen molar-refractivity contribution in [2.75, 3.05) is 19.4 Å². The molecule has 0 amide bonds. The summed E-state index contributed by atoms with van der Waals surface area (Å²) in [5.41, 5.74) is 0. The van der Waals surface area contributed by atoms with E-state index in [1.54, 1.807) is 0 Å². The van der Waals surface area contributed by atoms with E-state index in [1.807, 2.05) is 13.8 Å². The van der Waals surface area contributed by atoms with Gasteiger partial charge in [-0.1, -0.05) is 13.8 Å². The molecule has 7 heteroatoms. The number of rotatable bonds is 7. The lowest BCUT2D eigenvalue weighted by molar-refractivity contribution is -0.140. The van der Waals surface area contributed by atoms with E-state index >= 15 is 0 Å². The first-order valence-corrected chi connectivity index (χ1v) is 8.14. The van der Waals surface area contributed by atoms with E-state index in [9.17, 15) is 13.2 Å². The first-order valence-electron chi connectivity index (χ1n) is 6.53. The fourth-order valence-electron chi connectivity index (χ4n) is 2.41. The lowest BCUT2D eigenvalue weighted by Crippen LogP contribution is -2.43. The van der Waals surface area contributed by atoms with Crippen molar-refractivity contribution < 1.29 is 23.1 Å². The molecule has 0 bridgehead atoms. The highest BCUT2D eigenvalue weighted by Crippen LogP contribution is 2.23. The third-order valence-electron chi connectivity index (χ3n) is 3.31. The Morgan fingerprint density at radius 3 is 2.58 bits per heavy atom. The first-order chi connectivity index (χ1) is 8.77. The van der Waals surface area contributed by atoms with Gasteiger partial charge in [0, 0.05) is 13.7 Å². The van der Waals surface area contributed by atoms with E-state index in [-0.39, 0.29) is 18.4 Å². The van der Waals surface area contributed by atoms with E-state index < -0.39 is 22.0 Å². The van der Waals surface area contributed by atoms with Crippen LogP contribution in [0.15, 0.2) is 0 Å². The summed E-state index contributed by atoms with van der Waals surface area (Å²) >= 11 is 0. The number of hydrogen-bond acceptors (Lipinski definition) is 4. The van der Waals surface area contributed by atoms with E-state index in [0.717, 1.165) is 4.31 Å². The number of aliphatic carboxylic acids is 1. The van der Waals surface area contributed by atoms with Crippen molar-refractivity contribution in [2.45, 2.75) is 45.3 Å². The molecule has 6 nitrogen and oxygen atoms in total. The molecule has 1 aliphatic rings. The topological polar surface area (TPSA) is 83.9 Å². The predicted octanol–water partition coefficient (Wildman–Crippen LogP) is 0.926. The van der Waals surface area contributed by atoms with Gasteiger partial charge in [-0.05, 0) is 25.2 Å². The van der Waals surface area contributed by atoms with Crippen LogP contribution in [-0.4, -0.2) is 55.4 Å². The van der Waals surface area contributed by atoms with Crippen LogP contribution in [0.1, 0.15) is 33.1 Å². The summed E-state index contributed by atoms with van der Waals surface area (Å²) < 4.78 is 30.9. The minimum Gasteiger partial charge on any atom is -0.480 e. The highest BCUT2D eigenvalue weighted by Gasteiger charge is 2.39. The van der Waals surface area contributed by atoms with Gasteiger partial charge in [-0.15, -0.1) is 0 Å². The molecule has 1 aliphatic heterocycles. The average Bonchev–Trinajstić information content (AvgIpc) is 2.76. The molecule has 0 spiro atoms. The number of sulfonamides is 1. The molecule has 1 unspecified atom stereocenters. The molecule has 1 fully saturated rings. The molecule has 1 rings (SSSR count). The summed E-state index contributed by atoms with van der Waals surface area (Å²) in [6.07, 6.45) is 1.23. The minimum absolute atomic E-state index is 0.147. The molecule has 2 atom stereocenters. The smallest absolute Gasteiger partial charge is 0.322 e. The van der Waals surface area contributed by atoms with Crippen molar-refractivity contribution in [1.29, 1.82) is 0 Å². The molecule has 112 valence electrons. The summed E-state index contributed by atoms with van der Waals surface area (Å²) in [6.45, 7) is 4.28. The third kappa shape index (κ3) is 4.43. The summed E-state index contributed by atoms with van der Waals surface area (Å²) in [7, 11) is -2.10. The van der Waals surface area contributed by atoms with Crippen LogP contribution in [0.25, 0.3) is 0 Å². The first kappa shape index (κ1) is 16.4.